The van der Waals surface area contributed by atoms with Crippen molar-refractivity contribution in [3.05, 3.63) is 40.2 Å². The smallest absolute Gasteiger partial charge is 0.272 e. The fourth-order valence-electron chi connectivity index (χ4n) is 5.33. The lowest BCUT2D eigenvalue weighted by Gasteiger charge is -2.36. The van der Waals surface area contributed by atoms with Crippen molar-refractivity contribution in [1.29, 1.82) is 0 Å². The molecule has 35 heavy (non-hydrogen) atoms. The second kappa shape index (κ2) is 8.92. The number of nitrogens with one attached hydrogen (secondary N) is 3. The number of alkyl halides is 1. The molecule has 1 aliphatic carbocycles. The summed E-state index contributed by atoms with van der Waals surface area (Å²) in [5.74, 6) is -3.15. The normalized spacial score (nSPS) is 26.6. The van der Waals surface area contributed by atoms with Gasteiger partial charge in [0.2, 0.25) is 5.91 Å². The lowest BCUT2D eigenvalue weighted by atomic mass is 9.71. The minimum Gasteiger partial charge on any atom is -0.362 e. The molecule has 8 nitrogen and oxygen atoms in total. The number of anilines is 1. The van der Waals surface area contributed by atoms with Gasteiger partial charge in [-0.15, -0.1) is 0 Å². The minimum absolute atomic E-state index is 0.0183. The molecule has 3 amide bonds. The van der Waals surface area contributed by atoms with Gasteiger partial charge in [0.15, 0.2) is 11.6 Å². The molecule has 12 heteroatoms. The molecule has 0 atom stereocenters. The first-order valence-electron chi connectivity index (χ1n) is 11.6. The van der Waals surface area contributed by atoms with Crippen LogP contribution in [0.3, 0.4) is 0 Å². The Hall–Kier alpha value is -2.95. The highest BCUT2D eigenvalue weighted by atomic mass is 35.5. The molecule has 3 N–H and O–H groups in total. The van der Waals surface area contributed by atoms with Gasteiger partial charge >= 0.3 is 0 Å². The van der Waals surface area contributed by atoms with Crippen LogP contribution in [0.1, 0.15) is 32.1 Å². The molecule has 1 aromatic rings. The van der Waals surface area contributed by atoms with Gasteiger partial charge in [0, 0.05) is 18.7 Å². The summed E-state index contributed by atoms with van der Waals surface area (Å²) >= 11 is 6.08. The molecule has 3 aliphatic heterocycles. The van der Waals surface area contributed by atoms with E-state index in [1.54, 1.807) is 0 Å². The predicted molar refractivity (Wildman–Crippen MR) is 121 cm³/mol. The Balaban J connectivity index is 1.21. The van der Waals surface area contributed by atoms with Crippen molar-refractivity contribution in [2.24, 2.45) is 5.41 Å². The molecule has 0 bridgehead atoms. The lowest BCUT2D eigenvalue weighted by molar-refractivity contribution is -0.134. The van der Waals surface area contributed by atoms with Crippen LogP contribution in [0.5, 0.6) is 0 Å². The summed E-state index contributed by atoms with van der Waals surface area (Å²) in [7, 11) is 0. The minimum atomic E-state index is -1.07. The number of carbonyl (C=O) groups is 3. The second-order valence-electron chi connectivity index (χ2n) is 9.54. The Morgan fingerprint density at radius 2 is 1.71 bits per heavy atom. The molecule has 0 radical (unpaired) electrons. The average Bonchev–Trinajstić information content (AvgIpc) is 3.42. The number of hydrogen-bond donors (Lipinski definition) is 3. The third-order valence-electron chi connectivity index (χ3n) is 7.42. The van der Waals surface area contributed by atoms with Crippen molar-refractivity contribution >= 4 is 35.0 Å². The standard InChI is InChI=1S/C23H25ClF3N5O3/c24-14-7-15(26)16(27)8-17(14)32-6-5-23(22(32)35)3-1-13(2-4-23)30-20(33)18-19(29-11-28-18)21(34)31-9-12(25)10-31/h7-8,12-13,28-29H,1-6,9-11H2,(H,30,33). The highest BCUT2D eigenvalue weighted by molar-refractivity contribution is 6.34. The van der Waals surface area contributed by atoms with E-state index in [1.165, 1.54) is 9.80 Å². The van der Waals surface area contributed by atoms with E-state index in [-0.39, 0.29) is 53.8 Å². The Labute approximate surface area is 204 Å². The van der Waals surface area contributed by atoms with Crippen molar-refractivity contribution in [2.45, 2.75) is 44.3 Å². The monoisotopic (exact) mass is 511 g/mol. The molecular formula is C23H25ClF3N5O3. The van der Waals surface area contributed by atoms with Crippen LogP contribution in [-0.2, 0) is 14.4 Å². The summed E-state index contributed by atoms with van der Waals surface area (Å²) in [6.07, 6.45) is 1.68. The molecule has 5 rings (SSSR count). The zero-order chi connectivity index (χ0) is 24.9. The van der Waals surface area contributed by atoms with Crippen molar-refractivity contribution < 1.29 is 27.6 Å². The summed E-state index contributed by atoms with van der Waals surface area (Å²) in [4.78, 5) is 41.4. The number of nitrogens with zero attached hydrogens (tertiary/aromatic N) is 2. The number of rotatable bonds is 4. The molecular weight excluding hydrogens is 487 g/mol. The highest BCUT2D eigenvalue weighted by Crippen LogP contribution is 2.47. The van der Waals surface area contributed by atoms with Crippen molar-refractivity contribution in [3.63, 3.8) is 0 Å². The zero-order valence-electron chi connectivity index (χ0n) is 18.8. The van der Waals surface area contributed by atoms with Crippen LogP contribution in [0.15, 0.2) is 23.5 Å². The summed E-state index contributed by atoms with van der Waals surface area (Å²) in [5, 5.41) is 8.63. The third-order valence-corrected chi connectivity index (χ3v) is 7.72. The van der Waals surface area contributed by atoms with Gasteiger partial charge in [0.25, 0.3) is 11.8 Å². The van der Waals surface area contributed by atoms with Gasteiger partial charge in [-0.2, -0.15) is 0 Å². The predicted octanol–water partition coefficient (Wildman–Crippen LogP) is 1.94. The van der Waals surface area contributed by atoms with E-state index in [1.807, 2.05) is 0 Å². The Bertz CT molecular complexity index is 1120. The third kappa shape index (κ3) is 4.19. The van der Waals surface area contributed by atoms with E-state index in [9.17, 15) is 27.6 Å². The first-order valence-corrected chi connectivity index (χ1v) is 12.0. The molecule has 2 saturated heterocycles. The van der Waals surface area contributed by atoms with E-state index in [0.29, 0.717) is 38.6 Å². The maximum atomic E-state index is 13.8. The van der Waals surface area contributed by atoms with Crippen LogP contribution >= 0.6 is 11.6 Å². The number of halogens is 4. The first-order chi connectivity index (χ1) is 16.7. The van der Waals surface area contributed by atoms with Gasteiger partial charge in [-0.25, -0.2) is 13.2 Å². The maximum absolute atomic E-state index is 13.8. The number of benzene rings is 1. The molecule has 1 spiro atoms. The van der Waals surface area contributed by atoms with Gasteiger partial charge in [0.1, 0.15) is 17.6 Å². The molecule has 0 unspecified atom stereocenters. The quantitative estimate of drug-likeness (QED) is 0.537. The van der Waals surface area contributed by atoms with E-state index in [2.05, 4.69) is 16.0 Å². The van der Waals surface area contributed by atoms with Gasteiger partial charge in [-0.1, -0.05) is 11.6 Å². The van der Waals surface area contributed by atoms with Crippen LogP contribution in [-0.4, -0.2) is 61.1 Å². The summed E-state index contributed by atoms with van der Waals surface area (Å²) in [5.41, 5.74) is -0.211. The maximum Gasteiger partial charge on any atom is 0.272 e. The van der Waals surface area contributed by atoms with E-state index >= 15 is 0 Å². The lowest BCUT2D eigenvalue weighted by Crippen LogP contribution is -2.53. The largest absolute Gasteiger partial charge is 0.362 e. The van der Waals surface area contributed by atoms with Gasteiger partial charge in [-0.3, -0.25) is 14.4 Å². The van der Waals surface area contributed by atoms with Gasteiger partial charge in [-0.05, 0) is 38.2 Å². The molecule has 1 saturated carbocycles. The zero-order valence-corrected chi connectivity index (χ0v) is 19.6. The number of hydrogen-bond acceptors (Lipinski definition) is 5. The van der Waals surface area contributed by atoms with Crippen LogP contribution < -0.4 is 20.9 Å². The summed E-state index contributed by atoms with van der Waals surface area (Å²) in [6, 6.07) is 1.63. The summed E-state index contributed by atoms with van der Waals surface area (Å²) in [6.45, 7) is 0.612. The molecule has 0 aromatic heterocycles. The van der Waals surface area contributed by atoms with E-state index < -0.39 is 35.0 Å². The van der Waals surface area contributed by atoms with E-state index in [4.69, 9.17) is 11.6 Å². The number of amides is 3. The van der Waals surface area contributed by atoms with E-state index in [0.717, 1.165) is 12.1 Å². The molecule has 3 fully saturated rings. The Kier molecular flexibility index (Phi) is 6.06. The molecule has 4 aliphatic rings. The first kappa shape index (κ1) is 23.8. The highest BCUT2D eigenvalue weighted by Gasteiger charge is 2.49. The molecule has 188 valence electrons. The summed E-state index contributed by atoms with van der Waals surface area (Å²) < 4.78 is 40.3. The van der Waals surface area contributed by atoms with Gasteiger partial charge < -0.3 is 25.8 Å². The van der Waals surface area contributed by atoms with Crippen LogP contribution in [0.25, 0.3) is 0 Å². The fourth-order valence-corrected chi connectivity index (χ4v) is 5.58. The van der Waals surface area contributed by atoms with Gasteiger partial charge in [0.05, 0.1) is 35.9 Å². The SMILES string of the molecule is O=C(NC1CCC2(CC1)CCN(c1cc(F)c(F)cc1Cl)C2=O)C1=C(C(=O)N2CC(F)C2)NCN1. The number of likely N-dealkylation sites (tertiary alicyclic amines) is 1. The fraction of sp³-hybridized carbons (Fsp3) is 0.522. The average molecular weight is 512 g/mol. The van der Waals surface area contributed by atoms with Crippen molar-refractivity contribution in [1.82, 2.24) is 20.9 Å². The topological polar surface area (TPSA) is 93.8 Å². The van der Waals surface area contributed by atoms with Crippen LogP contribution in [0.4, 0.5) is 18.9 Å². The Morgan fingerprint density at radius 3 is 2.40 bits per heavy atom. The van der Waals surface area contributed by atoms with Crippen LogP contribution in [0.2, 0.25) is 5.02 Å². The van der Waals surface area contributed by atoms with Crippen molar-refractivity contribution in [2.75, 3.05) is 31.2 Å². The number of carbonyl (C=O) groups excluding carboxylic acids is 3. The van der Waals surface area contributed by atoms with Crippen molar-refractivity contribution in [3.8, 4) is 0 Å². The molecule has 1 aromatic carbocycles. The second-order valence-corrected chi connectivity index (χ2v) is 9.95. The van der Waals surface area contributed by atoms with Crippen LogP contribution in [0, 0.1) is 17.0 Å². The molecule has 3 heterocycles. The Morgan fingerprint density at radius 1 is 1.06 bits per heavy atom.